The predicted molar refractivity (Wildman–Crippen MR) is 93.1 cm³/mol. The summed E-state index contributed by atoms with van der Waals surface area (Å²) in [5.41, 5.74) is 0.702. The predicted octanol–water partition coefficient (Wildman–Crippen LogP) is 2.72. The Bertz CT molecular complexity index is 762. The van der Waals surface area contributed by atoms with E-state index in [1.807, 2.05) is 24.5 Å². The highest BCUT2D eigenvalue weighted by Gasteiger charge is 2.13. The van der Waals surface area contributed by atoms with Crippen LogP contribution in [0.5, 0.6) is 0 Å². The number of benzene rings is 2. The Morgan fingerprint density at radius 3 is 2.52 bits per heavy atom. The summed E-state index contributed by atoms with van der Waals surface area (Å²) in [5, 5.41) is 2.76. The van der Waals surface area contributed by atoms with Crippen molar-refractivity contribution in [2.45, 2.75) is 16.2 Å². The summed E-state index contributed by atoms with van der Waals surface area (Å²) in [5.74, 6) is -0.237. The van der Waals surface area contributed by atoms with Gasteiger partial charge in [0, 0.05) is 23.5 Å². The van der Waals surface area contributed by atoms with E-state index in [-0.39, 0.29) is 23.8 Å². The van der Waals surface area contributed by atoms with Gasteiger partial charge in [-0.3, -0.25) is 4.79 Å². The molecule has 23 heavy (non-hydrogen) atoms. The highest BCUT2D eigenvalue weighted by atomic mass is 32.2. The largest absolute Gasteiger partial charge is 0.326 e. The van der Waals surface area contributed by atoms with Crippen LogP contribution >= 0.6 is 11.8 Å². The fraction of sp³-hybridized carbons (Fsp3) is 0.188. The summed E-state index contributed by atoms with van der Waals surface area (Å²) in [6.07, 6.45) is 2.02. The number of carbonyl (C=O) groups excluding carboxylic acids is 1. The summed E-state index contributed by atoms with van der Waals surface area (Å²) < 4.78 is 26.4. The fourth-order valence-electron chi connectivity index (χ4n) is 1.91. The SMILES string of the molecule is CSc1cccc(NC(=O)CCNS(=O)(=O)c2ccccc2)c1. The Kier molecular flexibility index (Phi) is 6.20. The lowest BCUT2D eigenvalue weighted by atomic mass is 10.3. The van der Waals surface area contributed by atoms with Gasteiger partial charge in [0.05, 0.1) is 4.90 Å². The average molecular weight is 350 g/mol. The van der Waals surface area contributed by atoms with Crippen molar-refractivity contribution in [3.05, 3.63) is 54.6 Å². The summed E-state index contributed by atoms with van der Waals surface area (Å²) in [4.78, 5) is 13.1. The van der Waals surface area contributed by atoms with Gasteiger partial charge in [-0.2, -0.15) is 0 Å². The fourth-order valence-corrected chi connectivity index (χ4v) is 3.42. The van der Waals surface area contributed by atoms with Gasteiger partial charge in [0.2, 0.25) is 15.9 Å². The molecule has 0 saturated carbocycles. The molecule has 0 radical (unpaired) electrons. The summed E-state index contributed by atoms with van der Waals surface area (Å²) >= 11 is 1.59. The molecule has 2 N–H and O–H groups in total. The smallest absolute Gasteiger partial charge is 0.240 e. The van der Waals surface area contributed by atoms with Crippen molar-refractivity contribution >= 4 is 33.4 Å². The molecule has 0 spiro atoms. The molecule has 2 aromatic rings. The van der Waals surface area contributed by atoms with E-state index >= 15 is 0 Å². The molecule has 2 aromatic carbocycles. The molecule has 0 fully saturated rings. The molecule has 0 unspecified atom stereocenters. The van der Waals surface area contributed by atoms with E-state index in [0.717, 1.165) is 4.90 Å². The Morgan fingerprint density at radius 1 is 1.09 bits per heavy atom. The van der Waals surface area contributed by atoms with Gasteiger partial charge in [0.15, 0.2) is 0 Å². The molecule has 0 bridgehead atoms. The second kappa shape index (κ2) is 8.14. The molecule has 0 atom stereocenters. The van der Waals surface area contributed by atoms with Crippen molar-refractivity contribution in [3.63, 3.8) is 0 Å². The van der Waals surface area contributed by atoms with Gasteiger partial charge >= 0.3 is 0 Å². The quantitative estimate of drug-likeness (QED) is 0.753. The van der Waals surface area contributed by atoms with Crippen LogP contribution in [-0.4, -0.2) is 27.1 Å². The Labute approximate surface area is 140 Å². The molecule has 7 heteroatoms. The highest BCUT2D eigenvalue weighted by molar-refractivity contribution is 7.98. The standard InChI is InChI=1S/C16H18N2O3S2/c1-22-14-7-5-6-13(12-14)18-16(19)10-11-17-23(20,21)15-8-3-2-4-9-15/h2-9,12,17H,10-11H2,1H3,(H,18,19). The Balaban J connectivity index is 1.85. The number of sulfonamides is 1. The maximum absolute atomic E-state index is 12.0. The van der Waals surface area contributed by atoms with Crippen LogP contribution in [0.4, 0.5) is 5.69 Å². The monoisotopic (exact) mass is 350 g/mol. The Morgan fingerprint density at radius 2 is 1.83 bits per heavy atom. The van der Waals surface area contributed by atoms with Crippen molar-refractivity contribution < 1.29 is 13.2 Å². The van der Waals surface area contributed by atoms with E-state index in [1.165, 1.54) is 12.1 Å². The number of hydrogen-bond donors (Lipinski definition) is 2. The number of thioether (sulfide) groups is 1. The second-order valence-electron chi connectivity index (χ2n) is 4.74. The zero-order chi connectivity index (χ0) is 16.7. The number of amides is 1. The molecule has 0 heterocycles. The minimum atomic E-state index is -3.57. The maximum Gasteiger partial charge on any atom is 0.240 e. The molecular formula is C16H18N2O3S2. The van der Waals surface area contributed by atoms with E-state index in [2.05, 4.69) is 10.0 Å². The van der Waals surface area contributed by atoms with Gasteiger partial charge in [-0.05, 0) is 36.6 Å². The summed E-state index contributed by atoms with van der Waals surface area (Å²) in [7, 11) is -3.57. The van der Waals surface area contributed by atoms with Gasteiger partial charge < -0.3 is 5.32 Å². The minimum Gasteiger partial charge on any atom is -0.326 e. The van der Waals surface area contributed by atoms with E-state index in [0.29, 0.717) is 5.69 Å². The van der Waals surface area contributed by atoms with Crippen LogP contribution < -0.4 is 10.0 Å². The first-order chi connectivity index (χ1) is 11.0. The van der Waals surface area contributed by atoms with Gasteiger partial charge in [0.1, 0.15) is 0 Å². The zero-order valence-electron chi connectivity index (χ0n) is 12.7. The van der Waals surface area contributed by atoms with Gasteiger partial charge in [-0.1, -0.05) is 24.3 Å². The van der Waals surface area contributed by atoms with Gasteiger partial charge in [-0.15, -0.1) is 11.8 Å². The van der Waals surface area contributed by atoms with Crippen LogP contribution in [-0.2, 0) is 14.8 Å². The number of rotatable bonds is 7. The number of nitrogens with one attached hydrogen (secondary N) is 2. The number of carbonyl (C=O) groups is 1. The second-order valence-corrected chi connectivity index (χ2v) is 7.39. The van der Waals surface area contributed by atoms with Crippen molar-refractivity contribution in [2.75, 3.05) is 18.1 Å². The van der Waals surface area contributed by atoms with Crippen molar-refractivity contribution in [2.24, 2.45) is 0 Å². The molecule has 0 aliphatic rings. The third kappa shape index (κ3) is 5.38. The third-order valence-electron chi connectivity index (χ3n) is 3.05. The summed E-state index contributed by atoms with van der Waals surface area (Å²) in [6.45, 7) is 0.0469. The zero-order valence-corrected chi connectivity index (χ0v) is 14.3. The van der Waals surface area contributed by atoms with Crippen LogP contribution in [0.1, 0.15) is 6.42 Å². The molecule has 1 amide bonds. The lowest BCUT2D eigenvalue weighted by molar-refractivity contribution is -0.116. The maximum atomic E-state index is 12.0. The highest BCUT2D eigenvalue weighted by Crippen LogP contribution is 2.19. The van der Waals surface area contributed by atoms with Gasteiger partial charge in [-0.25, -0.2) is 13.1 Å². The van der Waals surface area contributed by atoms with Gasteiger partial charge in [0.25, 0.3) is 0 Å². The van der Waals surface area contributed by atoms with E-state index < -0.39 is 10.0 Å². The summed E-state index contributed by atoms with van der Waals surface area (Å²) in [6, 6.07) is 15.6. The Hall–Kier alpha value is -1.83. The van der Waals surface area contributed by atoms with Crippen molar-refractivity contribution in [1.29, 1.82) is 0 Å². The number of anilines is 1. The molecule has 5 nitrogen and oxygen atoms in total. The third-order valence-corrected chi connectivity index (χ3v) is 5.25. The molecule has 0 aromatic heterocycles. The van der Waals surface area contributed by atoms with Crippen LogP contribution in [0.25, 0.3) is 0 Å². The first-order valence-corrected chi connectivity index (χ1v) is 9.71. The topological polar surface area (TPSA) is 75.3 Å². The molecule has 0 saturated heterocycles. The van der Waals surface area contributed by atoms with E-state index in [4.69, 9.17) is 0 Å². The molecule has 0 aliphatic heterocycles. The number of hydrogen-bond acceptors (Lipinski definition) is 4. The van der Waals surface area contributed by atoms with E-state index in [9.17, 15) is 13.2 Å². The van der Waals surface area contributed by atoms with E-state index in [1.54, 1.807) is 36.0 Å². The lowest BCUT2D eigenvalue weighted by Crippen LogP contribution is -2.27. The molecule has 2 rings (SSSR count). The minimum absolute atomic E-state index is 0.0469. The van der Waals surface area contributed by atoms with Crippen molar-refractivity contribution in [3.8, 4) is 0 Å². The molecule has 0 aliphatic carbocycles. The first kappa shape index (κ1) is 17.5. The lowest BCUT2D eigenvalue weighted by Gasteiger charge is -2.08. The van der Waals surface area contributed by atoms with Crippen molar-refractivity contribution in [1.82, 2.24) is 4.72 Å². The van der Waals surface area contributed by atoms with Crippen LogP contribution in [0.2, 0.25) is 0 Å². The van der Waals surface area contributed by atoms with Crippen LogP contribution in [0.3, 0.4) is 0 Å². The molecule has 122 valence electrons. The normalized spacial score (nSPS) is 11.2. The first-order valence-electron chi connectivity index (χ1n) is 7.00. The van der Waals surface area contributed by atoms with Crippen LogP contribution in [0, 0.1) is 0 Å². The molecular weight excluding hydrogens is 332 g/mol. The van der Waals surface area contributed by atoms with Crippen LogP contribution in [0.15, 0.2) is 64.4 Å². The average Bonchev–Trinajstić information content (AvgIpc) is 2.55.